The minimum Gasteiger partial charge on any atom is -0.368 e. The minimum atomic E-state index is -0.453. The van der Waals surface area contributed by atoms with E-state index in [2.05, 4.69) is 11.4 Å². The molecule has 1 aromatic carbocycles. The van der Waals surface area contributed by atoms with Gasteiger partial charge in [-0.05, 0) is 31.9 Å². The molecule has 0 saturated carbocycles. The minimum absolute atomic E-state index is 0.00371. The summed E-state index contributed by atoms with van der Waals surface area (Å²) in [5, 5.41) is 3.22. The molecule has 1 aromatic rings. The van der Waals surface area contributed by atoms with E-state index in [4.69, 9.17) is 5.73 Å². The third-order valence-electron chi connectivity index (χ3n) is 3.83. The van der Waals surface area contributed by atoms with Gasteiger partial charge in [0, 0.05) is 19.0 Å². The molecule has 3 N–H and O–H groups in total. The number of benzene rings is 1. The molecule has 2 rings (SSSR count). The van der Waals surface area contributed by atoms with E-state index in [0.717, 1.165) is 25.1 Å². The van der Waals surface area contributed by atoms with E-state index in [1.165, 1.54) is 5.56 Å². The fourth-order valence-electron chi connectivity index (χ4n) is 2.76. The summed E-state index contributed by atoms with van der Waals surface area (Å²) in [7, 11) is 0. The number of nitrogens with one attached hydrogen (secondary N) is 1. The second-order valence-electron chi connectivity index (χ2n) is 5.62. The average Bonchev–Trinajstić information content (AvgIpc) is 2.96. The molecule has 21 heavy (non-hydrogen) atoms. The topological polar surface area (TPSA) is 75.4 Å². The van der Waals surface area contributed by atoms with E-state index in [1.807, 2.05) is 25.1 Å². The molecule has 1 unspecified atom stereocenters. The fourth-order valence-corrected chi connectivity index (χ4v) is 2.76. The molecule has 1 atom stereocenters. The average molecular weight is 289 g/mol. The summed E-state index contributed by atoms with van der Waals surface area (Å²) in [5.74, 6) is -0.449. The zero-order valence-electron chi connectivity index (χ0n) is 12.5. The number of carbonyl (C=O) groups excluding carboxylic acids is 2. The summed E-state index contributed by atoms with van der Waals surface area (Å²) in [5.41, 5.74) is 7.61. The van der Waals surface area contributed by atoms with Gasteiger partial charge in [0.2, 0.25) is 11.8 Å². The predicted molar refractivity (Wildman–Crippen MR) is 81.7 cm³/mol. The Hall–Kier alpha value is -1.88. The van der Waals surface area contributed by atoms with Crippen molar-refractivity contribution in [3.8, 4) is 0 Å². The van der Waals surface area contributed by atoms with Crippen LogP contribution >= 0.6 is 0 Å². The number of hydrogen-bond donors (Lipinski definition) is 2. The molecule has 0 radical (unpaired) electrons. The largest absolute Gasteiger partial charge is 0.368 e. The molecule has 0 spiro atoms. The summed E-state index contributed by atoms with van der Waals surface area (Å²) in [4.78, 5) is 25.2. The van der Waals surface area contributed by atoms with Crippen molar-refractivity contribution < 1.29 is 9.59 Å². The quantitative estimate of drug-likeness (QED) is 0.805. The Morgan fingerprint density at radius 3 is 2.86 bits per heavy atom. The standard InChI is InChI=1S/C16H23N3O2/c1-12-3-2-4-13(9-12)5-6-16(21)19(11-15(17)20)14-7-8-18-10-14/h2-4,9,14,18H,5-8,10-11H2,1H3,(H2,17,20). The van der Waals surface area contributed by atoms with Crippen LogP contribution in [-0.4, -0.2) is 42.4 Å². The van der Waals surface area contributed by atoms with Crippen LogP contribution in [0.4, 0.5) is 0 Å². The van der Waals surface area contributed by atoms with Gasteiger partial charge in [0.1, 0.15) is 0 Å². The van der Waals surface area contributed by atoms with Crippen molar-refractivity contribution in [3.63, 3.8) is 0 Å². The molecular formula is C16H23N3O2. The summed E-state index contributed by atoms with van der Waals surface area (Å²) in [6.07, 6.45) is 1.98. The molecule has 2 amide bonds. The van der Waals surface area contributed by atoms with Crippen molar-refractivity contribution in [2.45, 2.75) is 32.2 Å². The van der Waals surface area contributed by atoms with Crippen LogP contribution in [0.3, 0.4) is 0 Å². The van der Waals surface area contributed by atoms with E-state index >= 15 is 0 Å². The fraction of sp³-hybridized carbons (Fsp3) is 0.500. The van der Waals surface area contributed by atoms with Crippen molar-refractivity contribution in [1.29, 1.82) is 0 Å². The van der Waals surface area contributed by atoms with Crippen molar-refractivity contribution in [2.75, 3.05) is 19.6 Å². The lowest BCUT2D eigenvalue weighted by atomic mass is 10.1. The van der Waals surface area contributed by atoms with Crippen molar-refractivity contribution in [3.05, 3.63) is 35.4 Å². The molecule has 0 aromatic heterocycles. The molecule has 1 aliphatic rings. The lowest BCUT2D eigenvalue weighted by Crippen LogP contribution is -2.46. The number of nitrogens with two attached hydrogens (primary N) is 1. The third kappa shape index (κ3) is 4.56. The first-order valence-corrected chi connectivity index (χ1v) is 7.40. The Morgan fingerprint density at radius 2 is 2.24 bits per heavy atom. The summed E-state index contributed by atoms with van der Waals surface area (Å²) in [6.45, 7) is 3.67. The van der Waals surface area contributed by atoms with Gasteiger partial charge in [-0.15, -0.1) is 0 Å². The van der Waals surface area contributed by atoms with Gasteiger partial charge in [0.25, 0.3) is 0 Å². The van der Waals surface area contributed by atoms with E-state index in [1.54, 1.807) is 4.90 Å². The molecule has 1 aliphatic heterocycles. The number of nitrogens with zero attached hydrogens (tertiary/aromatic N) is 1. The zero-order chi connectivity index (χ0) is 15.2. The molecule has 0 aliphatic carbocycles. The lowest BCUT2D eigenvalue weighted by molar-refractivity contribution is -0.137. The normalized spacial score (nSPS) is 17.7. The maximum absolute atomic E-state index is 12.4. The van der Waals surface area contributed by atoms with Crippen LogP contribution < -0.4 is 11.1 Å². The van der Waals surface area contributed by atoms with Gasteiger partial charge >= 0.3 is 0 Å². The maximum atomic E-state index is 12.4. The molecule has 1 saturated heterocycles. The van der Waals surface area contributed by atoms with E-state index in [9.17, 15) is 9.59 Å². The molecule has 0 bridgehead atoms. The first-order chi connectivity index (χ1) is 10.1. The van der Waals surface area contributed by atoms with Crippen molar-refractivity contribution in [2.24, 2.45) is 5.73 Å². The highest BCUT2D eigenvalue weighted by Gasteiger charge is 2.27. The molecule has 114 valence electrons. The zero-order valence-corrected chi connectivity index (χ0v) is 12.5. The number of carbonyl (C=O) groups is 2. The number of aryl methyl sites for hydroxylation is 2. The molecule has 5 nitrogen and oxygen atoms in total. The summed E-state index contributed by atoms with van der Waals surface area (Å²) >= 11 is 0. The van der Waals surface area contributed by atoms with Gasteiger partial charge in [0.15, 0.2) is 0 Å². The number of rotatable bonds is 6. The first kappa shape index (κ1) is 15.5. The maximum Gasteiger partial charge on any atom is 0.237 e. The van der Waals surface area contributed by atoms with Crippen molar-refractivity contribution >= 4 is 11.8 Å². The van der Waals surface area contributed by atoms with Crippen LogP contribution in [-0.2, 0) is 16.0 Å². The monoisotopic (exact) mass is 289 g/mol. The highest BCUT2D eigenvalue weighted by atomic mass is 16.2. The second kappa shape index (κ2) is 7.22. The lowest BCUT2D eigenvalue weighted by Gasteiger charge is -2.27. The Morgan fingerprint density at radius 1 is 1.43 bits per heavy atom. The summed E-state index contributed by atoms with van der Waals surface area (Å²) in [6, 6.07) is 8.23. The van der Waals surface area contributed by atoms with Crippen LogP contribution in [0.2, 0.25) is 0 Å². The van der Waals surface area contributed by atoms with Crippen LogP contribution in [0.5, 0.6) is 0 Å². The van der Waals surface area contributed by atoms with Crippen LogP contribution in [0.15, 0.2) is 24.3 Å². The molecular weight excluding hydrogens is 266 g/mol. The second-order valence-corrected chi connectivity index (χ2v) is 5.62. The molecule has 1 heterocycles. The van der Waals surface area contributed by atoms with Gasteiger partial charge in [0.05, 0.1) is 6.54 Å². The number of primary amides is 1. The van der Waals surface area contributed by atoms with Crippen LogP contribution in [0.1, 0.15) is 24.0 Å². The Kier molecular flexibility index (Phi) is 5.33. The summed E-state index contributed by atoms with van der Waals surface area (Å²) < 4.78 is 0. The molecule has 5 heteroatoms. The van der Waals surface area contributed by atoms with Crippen LogP contribution in [0, 0.1) is 6.92 Å². The van der Waals surface area contributed by atoms with Gasteiger partial charge < -0.3 is 16.0 Å². The smallest absolute Gasteiger partial charge is 0.237 e. The SMILES string of the molecule is Cc1cccc(CCC(=O)N(CC(N)=O)C2CCNC2)c1. The van der Waals surface area contributed by atoms with Gasteiger partial charge in [-0.3, -0.25) is 9.59 Å². The highest BCUT2D eigenvalue weighted by Crippen LogP contribution is 2.12. The third-order valence-corrected chi connectivity index (χ3v) is 3.83. The van der Waals surface area contributed by atoms with E-state index < -0.39 is 5.91 Å². The Labute approximate surface area is 125 Å². The van der Waals surface area contributed by atoms with Gasteiger partial charge in [-0.2, -0.15) is 0 Å². The van der Waals surface area contributed by atoms with Crippen molar-refractivity contribution in [1.82, 2.24) is 10.2 Å². The van der Waals surface area contributed by atoms with Crippen LogP contribution in [0.25, 0.3) is 0 Å². The van der Waals surface area contributed by atoms with Gasteiger partial charge in [-0.25, -0.2) is 0 Å². The van der Waals surface area contributed by atoms with E-state index in [0.29, 0.717) is 12.8 Å². The predicted octanol–water partition coefficient (Wildman–Crippen LogP) is 0.603. The molecule has 1 fully saturated rings. The Balaban J connectivity index is 1.95. The van der Waals surface area contributed by atoms with Gasteiger partial charge in [-0.1, -0.05) is 29.8 Å². The van der Waals surface area contributed by atoms with E-state index in [-0.39, 0.29) is 18.5 Å². The number of hydrogen-bond acceptors (Lipinski definition) is 3. The number of amides is 2. The highest BCUT2D eigenvalue weighted by molar-refractivity contribution is 5.84. The first-order valence-electron chi connectivity index (χ1n) is 7.40. The Bertz CT molecular complexity index is 510.